The number of alkyl halides is 3. The fourth-order valence-electron chi connectivity index (χ4n) is 2.74. The fourth-order valence-corrected chi connectivity index (χ4v) is 2.74. The molecule has 21 heavy (non-hydrogen) atoms. The van der Waals surface area contributed by atoms with Crippen LogP contribution in [0.3, 0.4) is 0 Å². The highest BCUT2D eigenvalue weighted by Gasteiger charge is 2.36. The Hall–Kier alpha value is -1.79. The monoisotopic (exact) mass is 302 g/mol. The first-order valence-electron chi connectivity index (χ1n) is 6.80. The van der Waals surface area contributed by atoms with Crippen LogP contribution >= 0.6 is 0 Å². The minimum atomic E-state index is -4.58. The topological polar surface area (TPSA) is 53.4 Å². The zero-order valence-electron chi connectivity index (χ0n) is 11.8. The summed E-state index contributed by atoms with van der Waals surface area (Å²) < 4.78 is 38.4. The molecule has 1 N–H and O–H groups in total. The van der Waals surface area contributed by atoms with E-state index in [0.29, 0.717) is 12.6 Å². The first-order chi connectivity index (χ1) is 9.71. The van der Waals surface area contributed by atoms with Gasteiger partial charge in [0.1, 0.15) is 17.1 Å². The van der Waals surface area contributed by atoms with Crippen LogP contribution < -0.4 is 4.90 Å². The Labute approximate surface area is 120 Å². The third-order valence-corrected chi connectivity index (χ3v) is 3.74. The minimum absolute atomic E-state index is 0.0130. The van der Waals surface area contributed by atoms with Crippen molar-refractivity contribution in [3.8, 4) is 0 Å². The van der Waals surface area contributed by atoms with Crippen LogP contribution in [0.5, 0.6) is 0 Å². The summed E-state index contributed by atoms with van der Waals surface area (Å²) in [5.41, 5.74) is -1.24. The van der Waals surface area contributed by atoms with Gasteiger partial charge in [-0.1, -0.05) is 13.8 Å². The van der Waals surface area contributed by atoms with E-state index in [1.54, 1.807) is 4.90 Å². The summed E-state index contributed by atoms with van der Waals surface area (Å²) in [5.74, 6) is -1.13. The molecule has 0 aromatic carbocycles. The van der Waals surface area contributed by atoms with Gasteiger partial charge < -0.3 is 10.0 Å². The molecule has 1 aliphatic heterocycles. The molecule has 7 heteroatoms. The number of pyridine rings is 1. The van der Waals surface area contributed by atoms with E-state index in [4.69, 9.17) is 0 Å². The van der Waals surface area contributed by atoms with Crippen LogP contribution in [0, 0.1) is 5.92 Å². The third kappa shape index (κ3) is 3.11. The minimum Gasteiger partial charge on any atom is -0.478 e. The van der Waals surface area contributed by atoms with Crippen molar-refractivity contribution >= 4 is 11.8 Å². The molecule has 116 valence electrons. The Morgan fingerprint density at radius 3 is 2.62 bits per heavy atom. The number of aromatic carboxylic acids is 1. The molecule has 4 nitrogen and oxygen atoms in total. The van der Waals surface area contributed by atoms with E-state index in [2.05, 4.69) is 4.98 Å². The Bertz CT molecular complexity index is 544. The van der Waals surface area contributed by atoms with E-state index in [9.17, 15) is 23.1 Å². The van der Waals surface area contributed by atoms with Crippen molar-refractivity contribution in [1.82, 2.24) is 4.98 Å². The highest BCUT2D eigenvalue weighted by atomic mass is 19.4. The molecule has 2 rings (SSSR count). The summed E-state index contributed by atoms with van der Waals surface area (Å²) in [5, 5.41) is 9.20. The number of carboxylic acid groups (broad SMARTS) is 1. The Kier molecular flexibility index (Phi) is 4.11. The molecule has 1 unspecified atom stereocenters. The molecular weight excluding hydrogens is 285 g/mol. The van der Waals surface area contributed by atoms with Crippen molar-refractivity contribution in [3.05, 3.63) is 23.4 Å². The standard InChI is InChI=1S/C14H17F3N2O2/c1-8(2)10-4-3-7-19(10)12-9(13(20)21)5-6-11(18-12)14(15,16)17/h5-6,8,10H,3-4,7H2,1-2H3,(H,20,21). The Balaban J connectivity index is 2.51. The number of anilines is 1. The van der Waals surface area contributed by atoms with E-state index in [0.717, 1.165) is 18.9 Å². The SMILES string of the molecule is CC(C)C1CCCN1c1nc(C(F)(F)F)ccc1C(=O)O. The van der Waals surface area contributed by atoms with Gasteiger partial charge >= 0.3 is 12.1 Å². The summed E-state index contributed by atoms with van der Waals surface area (Å²) in [6.45, 7) is 4.46. The molecule has 0 aliphatic carbocycles. The van der Waals surface area contributed by atoms with Crippen LogP contribution in [0.4, 0.5) is 19.0 Å². The van der Waals surface area contributed by atoms with Gasteiger partial charge in [0.2, 0.25) is 0 Å². The third-order valence-electron chi connectivity index (χ3n) is 3.74. The molecular formula is C14H17F3N2O2. The van der Waals surface area contributed by atoms with Gasteiger partial charge in [-0.3, -0.25) is 0 Å². The van der Waals surface area contributed by atoms with Crippen LogP contribution in [0.2, 0.25) is 0 Å². The molecule has 1 fully saturated rings. The molecule has 0 bridgehead atoms. The van der Waals surface area contributed by atoms with E-state index >= 15 is 0 Å². The number of carbonyl (C=O) groups is 1. The number of nitrogens with zero attached hydrogens (tertiary/aromatic N) is 2. The number of aromatic nitrogens is 1. The first-order valence-corrected chi connectivity index (χ1v) is 6.80. The Morgan fingerprint density at radius 2 is 2.10 bits per heavy atom. The van der Waals surface area contributed by atoms with Crippen LogP contribution in [0.1, 0.15) is 42.7 Å². The Morgan fingerprint density at radius 1 is 1.43 bits per heavy atom. The van der Waals surface area contributed by atoms with Crippen molar-refractivity contribution in [2.45, 2.75) is 38.9 Å². The second-order valence-corrected chi connectivity index (χ2v) is 5.52. The van der Waals surface area contributed by atoms with E-state index in [1.165, 1.54) is 0 Å². The average Bonchev–Trinajstić information content (AvgIpc) is 2.85. The second-order valence-electron chi connectivity index (χ2n) is 5.52. The first kappa shape index (κ1) is 15.6. The number of halogens is 3. The average molecular weight is 302 g/mol. The smallest absolute Gasteiger partial charge is 0.433 e. The second kappa shape index (κ2) is 5.54. The lowest BCUT2D eigenvalue weighted by atomic mass is 10.0. The molecule has 0 spiro atoms. The van der Waals surface area contributed by atoms with Gasteiger partial charge in [0.25, 0.3) is 0 Å². The largest absolute Gasteiger partial charge is 0.478 e. The van der Waals surface area contributed by atoms with E-state index in [1.807, 2.05) is 13.8 Å². The summed E-state index contributed by atoms with van der Waals surface area (Å²) in [4.78, 5) is 16.6. The lowest BCUT2D eigenvalue weighted by Crippen LogP contribution is -2.35. The lowest BCUT2D eigenvalue weighted by Gasteiger charge is -2.30. The molecule has 0 radical (unpaired) electrons. The maximum atomic E-state index is 12.8. The number of carboxylic acids is 1. The van der Waals surface area contributed by atoms with Crippen molar-refractivity contribution in [2.24, 2.45) is 5.92 Å². The summed E-state index contributed by atoms with van der Waals surface area (Å²) in [6.07, 6.45) is -2.94. The zero-order chi connectivity index (χ0) is 15.8. The summed E-state index contributed by atoms with van der Waals surface area (Å²) in [7, 11) is 0. The van der Waals surface area contributed by atoms with Crippen molar-refractivity contribution in [2.75, 3.05) is 11.4 Å². The molecule has 1 saturated heterocycles. The molecule has 0 amide bonds. The summed E-state index contributed by atoms with van der Waals surface area (Å²) >= 11 is 0. The maximum Gasteiger partial charge on any atom is 0.433 e. The molecule has 1 atom stereocenters. The highest BCUT2D eigenvalue weighted by Crippen LogP contribution is 2.34. The zero-order valence-corrected chi connectivity index (χ0v) is 11.8. The molecule has 2 heterocycles. The predicted octanol–water partition coefficient (Wildman–Crippen LogP) is 3.42. The van der Waals surface area contributed by atoms with Crippen LogP contribution in [-0.2, 0) is 6.18 Å². The summed E-state index contributed by atoms with van der Waals surface area (Å²) in [6, 6.07) is 1.72. The van der Waals surface area contributed by atoms with Gasteiger partial charge in [-0.05, 0) is 30.9 Å². The van der Waals surface area contributed by atoms with Crippen LogP contribution in [0.15, 0.2) is 12.1 Å². The van der Waals surface area contributed by atoms with Gasteiger partial charge in [-0.15, -0.1) is 0 Å². The molecule has 1 aromatic heterocycles. The van der Waals surface area contributed by atoms with Crippen LogP contribution in [0.25, 0.3) is 0 Å². The van der Waals surface area contributed by atoms with Gasteiger partial charge in [-0.2, -0.15) is 13.2 Å². The van der Waals surface area contributed by atoms with E-state index in [-0.39, 0.29) is 23.3 Å². The van der Waals surface area contributed by atoms with Crippen molar-refractivity contribution < 1.29 is 23.1 Å². The predicted molar refractivity (Wildman–Crippen MR) is 71.4 cm³/mol. The highest BCUT2D eigenvalue weighted by molar-refractivity contribution is 5.93. The maximum absolute atomic E-state index is 12.8. The molecule has 1 aromatic rings. The van der Waals surface area contributed by atoms with Crippen molar-refractivity contribution in [1.29, 1.82) is 0 Å². The normalized spacial score (nSPS) is 19.3. The number of rotatable bonds is 3. The molecule has 1 aliphatic rings. The number of hydrogen-bond acceptors (Lipinski definition) is 3. The quantitative estimate of drug-likeness (QED) is 0.929. The fraction of sp³-hybridized carbons (Fsp3) is 0.571. The number of hydrogen-bond donors (Lipinski definition) is 1. The van der Waals surface area contributed by atoms with Gasteiger partial charge in [0.05, 0.1) is 0 Å². The van der Waals surface area contributed by atoms with Gasteiger partial charge in [-0.25, -0.2) is 9.78 Å². The van der Waals surface area contributed by atoms with Crippen molar-refractivity contribution in [3.63, 3.8) is 0 Å². The molecule has 0 saturated carbocycles. The van der Waals surface area contributed by atoms with E-state index < -0.39 is 17.8 Å². The lowest BCUT2D eigenvalue weighted by molar-refractivity contribution is -0.141. The van der Waals surface area contributed by atoms with Gasteiger partial charge in [0, 0.05) is 12.6 Å². The van der Waals surface area contributed by atoms with Crippen LogP contribution in [-0.4, -0.2) is 28.6 Å². The van der Waals surface area contributed by atoms with Gasteiger partial charge in [0.15, 0.2) is 0 Å².